The van der Waals surface area contributed by atoms with E-state index in [1.54, 1.807) is 55.1 Å². The summed E-state index contributed by atoms with van der Waals surface area (Å²) in [6, 6.07) is 10.1. The number of aliphatic hydroxyl groups is 1. The molecule has 5 atom stereocenters. The average molecular weight is 1120 g/mol. The molecule has 4 aliphatic heterocycles. The zero-order valence-electron chi connectivity index (χ0n) is 46.1. The highest BCUT2D eigenvalue weighted by atomic mass is 19.1. The number of amides is 8. The average Bonchev–Trinajstić information content (AvgIpc) is 4.26. The molecule has 22 nitrogen and oxygen atoms in total. The van der Waals surface area contributed by atoms with E-state index in [9.17, 15) is 53.1 Å². The number of pyridine rings is 2. The third-order valence-electron chi connectivity index (χ3n) is 16.8. The predicted octanol–water partition coefficient (Wildman–Crippen LogP) is 2.26. The smallest absolute Gasteiger partial charge is 0.343 e. The first-order valence-electron chi connectivity index (χ1n) is 27.6. The highest BCUT2D eigenvalue weighted by Crippen LogP contribution is 2.48. The normalized spacial score (nSPS) is 21.0. The van der Waals surface area contributed by atoms with Crippen LogP contribution in [0.2, 0.25) is 0 Å². The number of likely N-dealkylation sites (tertiary alicyclic amines) is 2. The second-order valence-corrected chi connectivity index (χ2v) is 22.2. The number of imide groups is 1. The standard InChI is InChI=1S/C58H68FN9O13/c1-6-58(79)37-23-42-51-35(28-68(42)53(75)36(37)29-80-56(58)78)50-41(17-16-34-32(3)38(59)24-39(65-51)49(34)50)66-20-18-43(54(66)76)81-30-63-46(71)26-62-52(74)40(22-33-13-9-7-10-14-33)64-47(72)27-61-45(70)25-60-44(69)15-11-8-12-19-67-48(73)21-31(2)57(4,5)55(67)77/h7,9-10,13-14,23-24,31,40-41,43,79H,6,8,11-12,15-22,25-30H2,1-5H3,(H,60,69)(H,61,70)(H,62,74)(H,63,71)(H,64,72)/t31?,40-,41-,43?,58-/m0/s1. The van der Waals surface area contributed by atoms with Gasteiger partial charge in [-0.05, 0) is 73.3 Å². The number of halogens is 1. The fraction of sp³-hybridized carbons (Fsp3) is 0.500. The summed E-state index contributed by atoms with van der Waals surface area (Å²) in [5.74, 6) is -5.18. The van der Waals surface area contributed by atoms with E-state index in [0.29, 0.717) is 77.5 Å². The number of nitrogens with zero attached hydrogens (tertiary/aromatic N) is 4. The quantitative estimate of drug-likeness (QED) is 0.0266. The summed E-state index contributed by atoms with van der Waals surface area (Å²) in [6.45, 7) is 7.38. The molecule has 0 saturated carbocycles. The first-order valence-corrected chi connectivity index (χ1v) is 27.6. The van der Waals surface area contributed by atoms with Gasteiger partial charge >= 0.3 is 5.97 Å². The Hall–Kier alpha value is -7.92. The number of rotatable bonds is 21. The van der Waals surface area contributed by atoms with Gasteiger partial charge < -0.3 is 50.6 Å². The molecule has 23 heteroatoms. The van der Waals surface area contributed by atoms with E-state index in [2.05, 4.69) is 26.6 Å². The molecule has 2 aromatic heterocycles. The minimum atomic E-state index is -2.05. The van der Waals surface area contributed by atoms with Crippen molar-refractivity contribution in [3.05, 3.63) is 97.6 Å². The minimum Gasteiger partial charge on any atom is -0.458 e. The first kappa shape index (κ1) is 57.8. The van der Waals surface area contributed by atoms with Crippen LogP contribution in [0.3, 0.4) is 0 Å². The Labute approximate surface area is 466 Å². The van der Waals surface area contributed by atoms with Crippen LogP contribution in [0.25, 0.3) is 22.3 Å². The van der Waals surface area contributed by atoms with E-state index in [4.69, 9.17) is 14.5 Å². The number of cyclic esters (lactones) is 1. The van der Waals surface area contributed by atoms with Crippen molar-refractivity contribution in [1.82, 2.24) is 45.9 Å². The molecule has 2 aromatic carbocycles. The van der Waals surface area contributed by atoms with Gasteiger partial charge in [0.15, 0.2) is 5.60 Å². The molecule has 1 aliphatic carbocycles. The number of piperidine rings is 1. The predicted molar refractivity (Wildman–Crippen MR) is 288 cm³/mol. The van der Waals surface area contributed by atoms with Gasteiger partial charge in [0.2, 0.25) is 41.4 Å². The Balaban J connectivity index is 0.752. The topological polar surface area (TPSA) is 294 Å². The van der Waals surface area contributed by atoms with E-state index in [1.165, 1.54) is 15.5 Å². The maximum absolute atomic E-state index is 15.5. The second kappa shape index (κ2) is 23.7. The Morgan fingerprint density at radius 3 is 2.36 bits per heavy atom. The van der Waals surface area contributed by atoms with Crippen molar-refractivity contribution < 1.29 is 62.1 Å². The minimum absolute atomic E-state index is 0.0420. The Morgan fingerprint density at radius 2 is 1.60 bits per heavy atom. The van der Waals surface area contributed by atoms with Crippen LogP contribution in [0.4, 0.5) is 4.39 Å². The summed E-state index contributed by atoms with van der Waals surface area (Å²) in [7, 11) is 0. The zero-order chi connectivity index (χ0) is 58.1. The van der Waals surface area contributed by atoms with Crippen molar-refractivity contribution in [2.45, 2.75) is 136 Å². The molecule has 6 N–H and O–H groups in total. The molecule has 0 radical (unpaired) electrons. The zero-order valence-corrected chi connectivity index (χ0v) is 46.1. The van der Waals surface area contributed by atoms with Gasteiger partial charge in [-0.25, -0.2) is 14.2 Å². The molecule has 9 rings (SSSR count). The molecule has 8 amide bonds. The molecule has 4 aromatic rings. The van der Waals surface area contributed by atoms with E-state index in [-0.39, 0.29) is 99.3 Å². The molecular formula is C58H68FN9O13. The molecule has 2 unspecified atom stereocenters. The lowest BCUT2D eigenvalue weighted by atomic mass is 9.74. The number of nitrogens with one attached hydrogen (secondary N) is 5. The third-order valence-corrected chi connectivity index (χ3v) is 16.8. The summed E-state index contributed by atoms with van der Waals surface area (Å²) < 4.78 is 28.2. The molecule has 5 aliphatic rings. The van der Waals surface area contributed by atoms with Gasteiger partial charge in [0.05, 0.1) is 54.7 Å². The number of fused-ring (bicyclic) bond motifs is 5. The van der Waals surface area contributed by atoms with Gasteiger partial charge in [-0.3, -0.25) is 48.1 Å². The number of unbranched alkanes of at least 4 members (excludes halogenated alkanes) is 2. The second-order valence-electron chi connectivity index (χ2n) is 22.2. The lowest BCUT2D eigenvalue weighted by Crippen LogP contribution is -2.53. The van der Waals surface area contributed by atoms with Crippen LogP contribution in [0.5, 0.6) is 0 Å². The van der Waals surface area contributed by atoms with Gasteiger partial charge in [-0.1, -0.05) is 64.4 Å². The number of benzene rings is 2. The van der Waals surface area contributed by atoms with Gasteiger partial charge in [0, 0.05) is 66.8 Å². The van der Waals surface area contributed by atoms with Gasteiger partial charge in [-0.15, -0.1) is 0 Å². The fourth-order valence-electron chi connectivity index (χ4n) is 11.6. The van der Waals surface area contributed by atoms with Crippen LogP contribution >= 0.6 is 0 Å². The van der Waals surface area contributed by atoms with Crippen LogP contribution in [0.15, 0.2) is 47.3 Å². The Kier molecular flexibility index (Phi) is 16.9. The van der Waals surface area contributed by atoms with Crippen LogP contribution in [0.1, 0.15) is 124 Å². The third kappa shape index (κ3) is 11.5. The molecule has 81 heavy (non-hydrogen) atoms. The number of aromatic nitrogens is 2. The van der Waals surface area contributed by atoms with Crippen molar-refractivity contribution in [3.63, 3.8) is 0 Å². The summed E-state index contributed by atoms with van der Waals surface area (Å²) in [6.07, 6.45) is 2.19. The van der Waals surface area contributed by atoms with Crippen LogP contribution < -0.4 is 32.1 Å². The number of carbonyl (C=O) groups excluding carboxylic acids is 9. The van der Waals surface area contributed by atoms with Crippen LogP contribution in [-0.2, 0) is 84.2 Å². The number of carbonyl (C=O) groups is 9. The lowest BCUT2D eigenvalue weighted by Gasteiger charge is -2.40. The Morgan fingerprint density at radius 1 is 0.889 bits per heavy atom. The summed E-state index contributed by atoms with van der Waals surface area (Å²) in [4.78, 5) is 139. The monoisotopic (exact) mass is 1120 g/mol. The molecule has 0 spiro atoms. The number of hydrogen-bond donors (Lipinski definition) is 6. The maximum atomic E-state index is 15.5. The SMILES string of the molecule is CC[C@@]1(O)C(=O)OCc2c1cc1n(c2=O)Cc2c-1nc1cc(F)c(C)c3c1c2[C@@H](N1CCC(OCNC(=O)CNC(=O)[C@H](Cc2ccccc2)NC(=O)CNC(=O)CNC(=O)CCCCCN2C(=O)CC(C)C(C)(C)C2=O)C1=O)CC3. The molecule has 2 fully saturated rings. The van der Waals surface area contributed by atoms with Crippen LogP contribution in [-0.4, -0.2) is 129 Å². The summed E-state index contributed by atoms with van der Waals surface area (Å²) in [5, 5.41) is 24.8. The molecule has 6 heterocycles. The lowest BCUT2D eigenvalue weighted by molar-refractivity contribution is -0.172. The van der Waals surface area contributed by atoms with Gasteiger partial charge in [-0.2, -0.15) is 0 Å². The number of hydrogen-bond acceptors (Lipinski definition) is 14. The van der Waals surface area contributed by atoms with Crippen LogP contribution in [0, 0.1) is 24.1 Å². The molecule has 2 saturated heterocycles. The summed E-state index contributed by atoms with van der Waals surface area (Å²) in [5.41, 5.74) is 1.53. The summed E-state index contributed by atoms with van der Waals surface area (Å²) >= 11 is 0. The van der Waals surface area contributed by atoms with E-state index in [1.807, 2.05) is 20.8 Å². The largest absolute Gasteiger partial charge is 0.458 e. The number of ether oxygens (including phenoxy) is 2. The van der Waals surface area contributed by atoms with Crippen molar-refractivity contribution >= 4 is 64.1 Å². The molecular weight excluding hydrogens is 1050 g/mol. The van der Waals surface area contributed by atoms with Crippen molar-refractivity contribution in [2.75, 3.05) is 39.5 Å². The maximum Gasteiger partial charge on any atom is 0.343 e. The van der Waals surface area contributed by atoms with Crippen molar-refractivity contribution in [2.24, 2.45) is 11.3 Å². The van der Waals surface area contributed by atoms with Gasteiger partial charge in [0.25, 0.3) is 11.5 Å². The van der Waals surface area contributed by atoms with Crippen molar-refractivity contribution in [3.8, 4) is 11.4 Å². The first-order chi connectivity index (χ1) is 38.6. The highest BCUT2D eigenvalue weighted by molar-refractivity contribution is 6.01. The molecule has 430 valence electrons. The van der Waals surface area contributed by atoms with Crippen molar-refractivity contribution in [1.29, 1.82) is 0 Å². The number of aryl methyl sites for hydroxylation is 1. The van der Waals surface area contributed by atoms with Gasteiger partial charge in [0.1, 0.15) is 31.3 Å². The highest BCUT2D eigenvalue weighted by Gasteiger charge is 2.48. The van der Waals surface area contributed by atoms with E-state index in [0.717, 1.165) is 11.1 Å². The fourth-order valence-corrected chi connectivity index (χ4v) is 11.6. The molecule has 0 bridgehead atoms. The Bertz CT molecular complexity index is 3310. The van der Waals surface area contributed by atoms with E-state index >= 15 is 4.39 Å². The number of esters is 1. The van der Waals surface area contributed by atoms with E-state index < -0.39 is 89.8 Å².